The number of carbonyl (C=O) groups excluding carboxylic acids is 2. The van der Waals surface area contributed by atoms with Crippen LogP contribution in [0, 0.1) is 6.92 Å². The van der Waals surface area contributed by atoms with Crippen molar-refractivity contribution in [1.29, 1.82) is 0 Å². The van der Waals surface area contributed by atoms with Crippen LogP contribution in [-0.2, 0) is 9.53 Å². The minimum absolute atomic E-state index is 0.266. The summed E-state index contributed by atoms with van der Waals surface area (Å²) in [6, 6.07) is 10.5. The highest BCUT2D eigenvalue weighted by atomic mass is 35.5. The fourth-order valence-electron chi connectivity index (χ4n) is 2.56. The molecule has 2 aromatic rings. The molecule has 6 heteroatoms. The zero-order chi connectivity index (χ0) is 20.1. The number of benzene rings is 2. The van der Waals surface area contributed by atoms with Gasteiger partial charge < -0.3 is 14.8 Å². The average Bonchev–Trinajstić information content (AvgIpc) is 2.62. The summed E-state index contributed by atoms with van der Waals surface area (Å²) in [4.78, 5) is 24.2. The quantitative estimate of drug-likeness (QED) is 0.709. The summed E-state index contributed by atoms with van der Waals surface area (Å²) in [6.45, 7) is 7.78. The molecule has 0 fully saturated rings. The van der Waals surface area contributed by atoms with Gasteiger partial charge in [0, 0.05) is 0 Å². The van der Waals surface area contributed by atoms with Gasteiger partial charge in [-0.2, -0.15) is 0 Å². The van der Waals surface area contributed by atoms with E-state index >= 15 is 0 Å². The summed E-state index contributed by atoms with van der Waals surface area (Å²) in [5.41, 5.74) is 2.71. The average molecular weight is 390 g/mol. The van der Waals surface area contributed by atoms with Gasteiger partial charge in [0.1, 0.15) is 5.75 Å². The van der Waals surface area contributed by atoms with Gasteiger partial charge in [0.15, 0.2) is 6.10 Å². The molecule has 0 heterocycles. The van der Waals surface area contributed by atoms with E-state index < -0.39 is 12.1 Å². The van der Waals surface area contributed by atoms with Crippen molar-refractivity contribution < 1.29 is 19.1 Å². The zero-order valence-corrected chi connectivity index (χ0v) is 16.9. The molecule has 27 heavy (non-hydrogen) atoms. The number of halogens is 1. The van der Waals surface area contributed by atoms with E-state index in [9.17, 15) is 9.59 Å². The second kappa shape index (κ2) is 8.91. The minimum atomic E-state index is -0.748. The number of rotatable bonds is 6. The number of esters is 1. The van der Waals surface area contributed by atoms with E-state index in [1.54, 1.807) is 6.92 Å². The summed E-state index contributed by atoms with van der Waals surface area (Å²) in [6.07, 6.45) is -0.748. The van der Waals surface area contributed by atoms with E-state index in [4.69, 9.17) is 16.3 Å². The first-order valence-electron chi connectivity index (χ1n) is 8.68. The van der Waals surface area contributed by atoms with E-state index in [-0.39, 0.29) is 11.8 Å². The van der Waals surface area contributed by atoms with Gasteiger partial charge in [-0.25, -0.2) is 4.79 Å². The van der Waals surface area contributed by atoms with Crippen LogP contribution in [-0.4, -0.2) is 25.1 Å². The van der Waals surface area contributed by atoms with Crippen LogP contribution in [0.25, 0.3) is 0 Å². The Morgan fingerprint density at radius 3 is 2.41 bits per heavy atom. The van der Waals surface area contributed by atoms with Crippen LogP contribution in [0.4, 0.5) is 5.69 Å². The number of hydrogen-bond donors (Lipinski definition) is 1. The smallest absolute Gasteiger partial charge is 0.337 e. The largest absolute Gasteiger partial charge is 0.481 e. The maximum absolute atomic E-state index is 12.6. The number of hydrogen-bond acceptors (Lipinski definition) is 4. The van der Waals surface area contributed by atoms with Crippen LogP contribution in [0.5, 0.6) is 5.75 Å². The molecule has 144 valence electrons. The molecule has 0 saturated heterocycles. The van der Waals surface area contributed by atoms with Crippen molar-refractivity contribution >= 4 is 29.2 Å². The van der Waals surface area contributed by atoms with E-state index in [0.717, 1.165) is 11.1 Å². The number of amides is 1. The highest BCUT2D eigenvalue weighted by Gasteiger charge is 2.19. The lowest BCUT2D eigenvalue weighted by molar-refractivity contribution is -0.122. The predicted octanol–water partition coefficient (Wildman–Crippen LogP) is 4.96. The minimum Gasteiger partial charge on any atom is -0.481 e. The molecule has 0 saturated carbocycles. The van der Waals surface area contributed by atoms with E-state index in [1.165, 1.54) is 25.3 Å². The summed E-state index contributed by atoms with van der Waals surface area (Å²) < 4.78 is 10.6. The van der Waals surface area contributed by atoms with Crippen LogP contribution in [0.3, 0.4) is 0 Å². The molecule has 0 spiro atoms. The monoisotopic (exact) mass is 389 g/mol. The van der Waals surface area contributed by atoms with E-state index in [1.807, 2.05) is 25.1 Å². The van der Waals surface area contributed by atoms with Crippen LogP contribution < -0.4 is 10.1 Å². The maximum Gasteiger partial charge on any atom is 0.337 e. The summed E-state index contributed by atoms with van der Waals surface area (Å²) in [7, 11) is 1.29. The fourth-order valence-corrected chi connectivity index (χ4v) is 2.73. The first-order chi connectivity index (χ1) is 12.7. The molecule has 0 radical (unpaired) electrons. The van der Waals surface area contributed by atoms with Gasteiger partial charge in [0.05, 0.1) is 23.4 Å². The number of nitrogens with one attached hydrogen (secondary N) is 1. The number of aryl methyl sites for hydroxylation is 1. The molecule has 0 aliphatic heterocycles. The molecule has 0 unspecified atom stereocenters. The number of carbonyl (C=O) groups is 2. The third-order valence-electron chi connectivity index (χ3n) is 4.11. The standard InChI is InChI=1S/C21H24ClNO4/c1-12(2)16-8-6-13(3)10-19(16)27-14(4)20(24)23-18-11-15(21(25)26-5)7-9-17(18)22/h6-12,14H,1-5H3,(H,23,24)/t14-/m0/s1. The highest BCUT2D eigenvalue weighted by Crippen LogP contribution is 2.29. The zero-order valence-electron chi connectivity index (χ0n) is 16.1. The molecular formula is C21H24ClNO4. The molecule has 0 aromatic heterocycles. The van der Waals surface area contributed by atoms with E-state index in [2.05, 4.69) is 23.9 Å². The van der Waals surface area contributed by atoms with Gasteiger partial charge in [0.2, 0.25) is 0 Å². The van der Waals surface area contributed by atoms with Gasteiger partial charge in [0.25, 0.3) is 5.91 Å². The molecule has 2 rings (SSSR count). The summed E-state index contributed by atoms with van der Waals surface area (Å²) >= 11 is 6.13. The Morgan fingerprint density at radius 2 is 1.78 bits per heavy atom. The Kier molecular flexibility index (Phi) is 6.86. The second-order valence-electron chi connectivity index (χ2n) is 6.63. The van der Waals surface area contributed by atoms with Crippen molar-refractivity contribution in [2.45, 2.75) is 39.7 Å². The fraction of sp³-hybridized carbons (Fsp3) is 0.333. The Labute approximate surface area is 164 Å². The van der Waals surface area contributed by atoms with Gasteiger partial charge in [-0.05, 0) is 55.2 Å². The Morgan fingerprint density at radius 1 is 1.07 bits per heavy atom. The van der Waals surface area contributed by atoms with Crippen molar-refractivity contribution in [1.82, 2.24) is 0 Å². The maximum atomic E-state index is 12.6. The Hall–Kier alpha value is -2.53. The summed E-state index contributed by atoms with van der Waals surface area (Å²) in [5.74, 6) is 0.0760. The predicted molar refractivity (Wildman–Crippen MR) is 107 cm³/mol. The molecule has 2 aromatic carbocycles. The van der Waals surface area contributed by atoms with Crippen molar-refractivity contribution in [3.05, 3.63) is 58.1 Å². The van der Waals surface area contributed by atoms with Gasteiger partial charge in [-0.15, -0.1) is 0 Å². The van der Waals surface area contributed by atoms with Crippen LogP contribution in [0.2, 0.25) is 5.02 Å². The lowest BCUT2D eigenvalue weighted by Crippen LogP contribution is -2.30. The van der Waals surface area contributed by atoms with Crippen molar-refractivity contribution in [2.24, 2.45) is 0 Å². The highest BCUT2D eigenvalue weighted by molar-refractivity contribution is 6.33. The Balaban J connectivity index is 2.17. The first kappa shape index (κ1) is 20.8. The third-order valence-corrected chi connectivity index (χ3v) is 4.44. The van der Waals surface area contributed by atoms with Gasteiger partial charge in [-0.1, -0.05) is 37.6 Å². The van der Waals surface area contributed by atoms with Crippen molar-refractivity contribution in [2.75, 3.05) is 12.4 Å². The molecule has 1 amide bonds. The van der Waals surface area contributed by atoms with Gasteiger partial charge in [-0.3, -0.25) is 4.79 Å². The molecule has 1 atom stereocenters. The molecule has 0 aliphatic rings. The van der Waals surface area contributed by atoms with Gasteiger partial charge >= 0.3 is 5.97 Å². The van der Waals surface area contributed by atoms with Crippen molar-refractivity contribution in [3.8, 4) is 5.75 Å². The SMILES string of the molecule is COC(=O)c1ccc(Cl)c(NC(=O)[C@H](C)Oc2cc(C)ccc2C(C)C)c1. The van der Waals surface area contributed by atoms with Crippen LogP contribution >= 0.6 is 11.6 Å². The third kappa shape index (κ3) is 5.23. The Bertz CT molecular complexity index is 848. The first-order valence-corrected chi connectivity index (χ1v) is 9.06. The lowest BCUT2D eigenvalue weighted by Gasteiger charge is -2.19. The number of anilines is 1. The van der Waals surface area contributed by atoms with Crippen LogP contribution in [0.1, 0.15) is 48.2 Å². The lowest BCUT2D eigenvalue weighted by atomic mass is 10.0. The molecule has 0 aliphatic carbocycles. The topological polar surface area (TPSA) is 64.6 Å². The van der Waals surface area contributed by atoms with E-state index in [0.29, 0.717) is 22.0 Å². The normalized spacial score (nSPS) is 11.8. The molecule has 1 N–H and O–H groups in total. The van der Waals surface area contributed by atoms with Crippen LogP contribution in [0.15, 0.2) is 36.4 Å². The molecule has 5 nitrogen and oxygen atoms in total. The van der Waals surface area contributed by atoms with Crippen molar-refractivity contribution in [3.63, 3.8) is 0 Å². The molecular weight excluding hydrogens is 366 g/mol. The number of methoxy groups -OCH3 is 1. The molecule has 0 bridgehead atoms. The summed E-state index contributed by atoms with van der Waals surface area (Å²) in [5, 5.41) is 3.03. The number of ether oxygens (including phenoxy) is 2. The second-order valence-corrected chi connectivity index (χ2v) is 7.04.